The van der Waals surface area contributed by atoms with E-state index in [9.17, 15) is 0 Å². The van der Waals surface area contributed by atoms with Gasteiger partial charge in [-0.05, 0) is 69.7 Å². The van der Waals surface area contributed by atoms with Crippen molar-refractivity contribution in [3.63, 3.8) is 0 Å². The van der Waals surface area contributed by atoms with Gasteiger partial charge in [-0.1, -0.05) is 20.8 Å². The Bertz CT molecular complexity index is 273. The third-order valence-electron chi connectivity index (χ3n) is 5.16. The molecule has 0 saturated heterocycles. The molecule has 1 N–H and O–H groups in total. The average Bonchev–Trinajstić information content (AvgIpc) is 3.18. The minimum atomic E-state index is 0.126. The number of rotatable bonds is 7. The second-order valence-electron chi connectivity index (χ2n) is 7.43. The van der Waals surface area contributed by atoms with Gasteiger partial charge in [0, 0.05) is 12.6 Å². The minimum Gasteiger partial charge on any atom is -0.374 e. The zero-order valence-electron chi connectivity index (χ0n) is 13.4. The second-order valence-corrected chi connectivity index (χ2v) is 7.43. The van der Waals surface area contributed by atoms with Gasteiger partial charge >= 0.3 is 0 Å². The summed E-state index contributed by atoms with van der Waals surface area (Å²) in [5, 5.41) is 3.83. The quantitative estimate of drug-likeness (QED) is 0.748. The lowest BCUT2D eigenvalue weighted by Gasteiger charge is -2.48. The molecule has 2 heteroatoms. The van der Waals surface area contributed by atoms with Crippen molar-refractivity contribution in [2.45, 2.75) is 84.3 Å². The lowest BCUT2D eigenvalue weighted by atomic mass is 9.67. The van der Waals surface area contributed by atoms with Gasteiger partial charge in [-0.3, -0.25) is 0 Å². The predicted octanol–water partition coefficient (Wildman–Crippen LogP) is 4.14. The van der Waals surface area contributed by atoms with Crippen molar-refractivity contribution in [3.8, 4) is 0 Å². The van der Waals surface area contributed by atoms with E-state index in [0.717, 1.165) is 19.1 Å². The second kappa shape index (κ2) is 6.13. The lowest BCUT2D eigenvalue weighted by Crippen LogP contribution is -2.56. The summed E-state index contributed by atoms with van der Waals surface area (Å²) in [4.78, 5) is 0. The van der Waals surface area contributed by atoms with Crippen LogP contribution in [-0.2, 0) is 4.74 Å². The van der Waals surface area contributed by atoms with Crippen molar-refractivity contribution in [2.24, 2.45) is 11.3 Å². The summed E-state index contributed by atoms with van der Waals surface area (Å²) in [7, 11) is 0. The molecule has 0 radical (unpaired) electrons. The zero-order chi connectivity index (χ0) is 13.9. The molecular formula is C17H33NO. The van der Waals surface area contributed by atoms with Crippen LogP contribution in [0.2, 0.25) is 0 Å². The predicted molar refractivity (Wildman–Crippen MR) is 81.4 cm³/mol. The highest BCUT2D eigenvalue weighted by Crippen LogP contribution is 2.48. The Morgan fingerprint density at radius 1 is 1.11 bits per heavy atom. The fourth-order valence-corrected chi connectivity index (χ4v) is 3.69. The van der Waals surface area contributed by atoms with E-state index < -0.39 is 0 Å². The van der Waals surface area contributed by atoms with Crippen molar-refractivity contribution in [1.82, 2.24) is 5.32 Å². The molecule has 0 bridgehead atoms. The van der Waals surface area contributed by atoms with Gasteiger partial charge in [-0.15, -0.1) is 0 Å². The number of nitrogens with one attached hydrogen (secondary N) is 1. The topological polar surface area (TPSA) is 21.3 Å². The van der Waals surface area contributed by atoms with E-state index in [0.29, 0.717) is 11.5 Å². The third kappa shape index (κ3) is 3.72. The molecule has 0 aromatic rings. The highest BCUT2D eigenvalue weighted by atomic mass is 16.5. The molecule has 112 valence electrons. The summed E-state index contributed by atoms with van der Waals surface area (Å²) in [6, 6.07) is 0.600. The molecule has 1 atom stereocenters. The molecule has 2 aliphatic carbocycles. The Labute approximate surface area is 119 Å². The molecule has 0 aliphatic heterocycles. The van der Waals surface area contributed by atoms with Gasteiger partial charge in [-0.2, -0.15) is 0 Å². The zero-order valence-corrected chi connectivity index (χ0v) is 13.4. The summed E-state index contributed by atoms with van der Waals surface area (Å²) in [6.45, 7) is 11.2. The van der Waals surface area contributed by atoms with Gasteiger partial charge in [0.15, 0.2) is 0 Å². The maximum absolute atomic E-state index is 6.36. The van der Waals surface area contributed by atoms with Crippen LogP contribution < -0.4 is 5.32 Å². The summed E-state index contributed by atoms with van der Waals surface area (Å²) in [5.74, 6) is 0.874. The normalized spacial score (nSPS) is 27.2. The molecule has 2 fully saturated rings. The maximum atomic E-state index is 6.36. The first-order valence-corrected chi connectivity index (χ1v) is 8.40. The first-order chi connectivity index (χ1) is 9.03. The highest BCUT2D eigenvalue weighted by molar-refractivity contribution is 5.04. The van der Waals surface area contributed by atoms with Gasteiger partial charge in [0.2, 0.25) is 0 Å². The fourth-order valence-electron chi connectivity index (χ4n) is 3.69. The summed E-state index contributed by atoms with van der Waals surface area (Å²) < 4.78 is 6.36. The van der Waals surface area contributed by atoms with E-state index in [2.05, 4.69) is 33.0 Å². The number of hydrogen-bond donors (Lipinski definition) is 1. The lowest BCUT2D eigenvalue weighted by molar-refractivity contribution is -0.110. The van der Waals surface area contributed by atoms with Crippen molar-refractivity contribution in [3.05, 3.63) is 0 Å². The maximum Gasteiger partial charge on any atom is 0.0837 e. The number of hydrogen-bond acceptors (Lipinski definition) is 2. The highest BCUT2D eigenvalue weighted by Gasteiger charge is 2.49. The van der Waals surface area contributed by atoms with Crippen LogP contribution in [0.3, 0.4) is 0 Å². The first-order valence-electron chi connectivity index (χ1n) is 8.40. The van der Waals surface area contributed by atoms with Crippen LogP contribution in [0.4, 0.5) is 0 Å². The van der Waals surface area contributed by atoms with Crippen LogP contribution in [0.15, 0.2) is 0 Å². The molecule has 0 spiro atoms. The molecule has 0 amide bonds. The van der Waals surface area contributed by atoms with E-state index in [1.165, 1.54) is 44.9 Å². The third-order valence-corrected chi connectivity index (χ3v) is 5.16. The Balaban J connectivity index is 2.07. The molecule has 19 heavy (non-hydrogen) atoms. The van der Waals surface area contributed by atoms with Gasteiger partial charge in [0.1, 0.15) is 0 Å². The van der Waals surface area contributed by atoms with Crippen LogP contribution in [-0.4, -0.2) is 24.8 Å². The van der Waals surface area contributed by atoms with E-state index in [1.54, 1.807) is 0 Å². The monoisotopic (exact) mass is 267 g/mol. The summed E-state index contributed by atoms with van der Waals surface area (Å²) in [5.41, 5.74) is 0.639. The van der Waals surface area contributed by atoms with Gasteiger partial charge in [0.05, 0.1) is 5.60 Å². The van der Waals surface area contributed by atoms with Gasteiger partial charge in [0.25, 0.3) is 0 Å². The molecule has 2 nitrogen and oxygen atoms in total. The fraction of sp³-hybridized carbons (Fsp3) is 1.00. The largest absolute Gasteiger partial charge is 0.374 e. The summed E-state index contributed by atoms with van der Waals surface area (Å²) >= 11 is 0. The van der Waals surface area contributed by atoms with E-state index in [1.807, 2.05) is 0 Å². The van der Waals surface area contributed by atoms with E-state index >= 15 is 0 Å². The standard InChI is InChI=1S/C17H33NO/c1-5-13-18-15(14-7-8-14)17(19-6-2)11-9-16(3,4)10-12-17/h14-15,18H,5-13H2,1-4H3. The minimum absolute atomic E-state index is 0.126. The van der Waals surface area contributed by atoms with Crippen molar-refractivity contribution in [2.75, 3.05) is 13.2 Å². The van der Waals surface area contributed by atoms with Gasteiger partial charge < -0.3 is 10.1 Å². The smallest absolute Gasteiger partial charge is 0.0837 e. The van der Waals surface area contributed by atoms with E-state index in [-0.39, 0.29) is 5.60 Å². The molecule has 0 aromatic carbocycles. The van der Waals surface area contributed by atoms with Crippen molar-refractivity contribution in [1.29, 1.82) is 0 Å². The molecule has 2 saturated carbocycles. The molecule has 2 aliphatic rings. The van der Waals surface area contributed by atoms with Crippen molar-refractivity contribution >= 4 is 0 Å². The Kier molecular flexibility index (Phi) is 4.94. The van der Waals surface area contributed by atoms with Gasteiger partial charge in [-0.25, -0.2) is 0 Å². The molecule has 0 heterocycles. The van der Waals surface area contributed by atoms with Crippen LogP contribution >= 0.6 is 0 Å². The Hall–Kier alpha value is -0.0800. The SMILES string of the molecule is CCCNC(C1CC1)C1(OCC)CCC(C)(C)CC1. The first kappa shape index (κ1) is 15.3. The molecular weight excluding hydrogens is 234 g/mol. The van der Waals surface area contributed by atoms with Crippen LogP contribution in [0.1, 0.15) is 72.6 Å². The average molecular weight is 267 g/mol. The Morgan fingerprint density at radius 3 is 2.21 bits per heavy atom. The molecule has 1 unspecified atom stereocenters. The number of ether oxygens (including phenoxy) is 1. The summed E-state index contributed by atoms with van der Waals surface area (Å²) in [6.07, 6.45) is 9.13. The van der Waals surface area contributed by atoms with Crippen LogP contribution in [0, 0.1) is 11.3 Å². The van der Waals surface area contributed by atoms with E-state index in [4.69, 9.17) is 4.74 Å². The molecule has 0 aromatic heterocycles. The van der Waals surface area contributed by atoms with Crippen LogP contribution in [0.25, 0.3) is 0 Å². The molecule has 2 rings (SSSR count). The van der Waals surface area contributed by atoms with Crippen LogP contribution in [0.5, 0.6) is 0 Å². The Morgan fingerprint density at radius 2 is 1.74 bits per heavy atom. The van der Waals surface area contributed by atoms with Crippen molar-refractivity contribution < 1.29 is 4.74 Å².